The Morgan fingerprint density at radius 1 is 1.15 bits per heavy atom. The summed E-state index contributed by atoms with van der Waals surface area (Å²) in [5.74, 6) is 0. The molecule has 0 bridgehead atoms. The van der Waals surface area contributed by atoms with Crippen LogP contribution in [-0.4, -0.2) is 15.1 Å². The van der Waals surface area contributed by atoms with Crippen LogP contribution in [0.15, 0.2) is 30.3 Å². The van der Waals surface area contributed by atoms with Gasteiger partial charge >= 0.3 is 6.18 Å². The van der Waals surface area contributed by atoms with Gasteiger partial charge in [0.25, 0.3) is 0 Å². The van der Waals surface area contributed by atoms with Gasteiger partial charge in [-0.15, -0.1) is 0 Å². The highest BCUT2D eigenvalue weighted by Gasteiger charge is 2.58. The van der Waals surface area contributed by atoms with Gasteiger partial charge in [0.2, 0.25) is 5.54 Å². The van der Waals surface area contributed by atoms with Crippen LogP contribution in [0, 0.1) is 11.3 Å². The van der Waals surface area contributed by atoms with Crippen LogP contribution < -0.4 is 4.72 Å². The third-order valence-corrected chi connectivity index (χ3v) is 4.21. The molecule has 0 spiro atoms. The Kier molecular flexibility index (Phi) is 4.62. The van der Waals surface area contributed by atoms with Crippen LogP contribution >= 0.6 is 0 Å². The van der Waals surface area contributed by atoms with E-state index in [1.165, 1.54) is 51.1 Å². The molecule has 0 radical (unpaired) electrons. The van der Waals surface area contributed by atoms with Crippen LogP contribution in [0.5, 0.6) is 0 Å². The van der Waals surface area contributed by atoms with E-state index in [-0.39, 0.29) is 5.56 Å². The summed E-state index contributed by atoms with van der Waals surface area (Å²) >= 11 is 0. The molecule has 1 unspecified atom stereocenters. The highest BCUT2D eigenvalue weighted by atomic mass is 32.2. The van der Waals surface area contributed by atoms with Crippen molar-refractivity contribution in [2.24, 2.45) is 0 Å². The second-order valence-corrected chi connectivity index (χ2v) is 7.18. The fraction of sp³-hybridized carbons (Fsp3) is 0.462. The average Bonchev–Trinajstić information content (AvgIpc) is 2.34. The van der Waals surface area contributed by atoms with Crippen molar-refractivity contribution in [1.29, 1.82) is 5.26 Å². The van der Waals surface area contributed by atoms with Crippen LogP contribution in [0.1, 0.15) is 26.3 Å². The summed E-state index contributed by atoms with van der Waals surface area (Å²) in [4.78, 5) is 0. The number of nitrogens with one attached hydrogen (secondary N) is 1. The minimum Gasteiger partial charge on any atom is -0.242 e. The molecule has 0 aliphatic carbocycles. The quantitative estimate of drug-likeness (QED) is 0.933. The predicted molar refractivity (Wildman–Crippen MR) is 70.8 cm³/mol. The Morgan fingerprint density at radius 2 is 1.65 bits per heavy atom. The van der Waals surface area contributed by atoms with Crippen LogP contribution in [-0.2, 0) is 16.5 Å². The molecule has 20 heavy (non-hydrogen) atoms. The largest absolute Gasteiger partial charge is 0.425 e. The Bertz CT molecular complexity index is 531. The van der Waals surface area contributed by atoms with E-state index < -0.39 is 27.4 Å². The molecule has 1 aromatic rings. The second kappa shape index (κ2) is 5.54. The van der Waals surface area contributed by atoms with Gasteiger partial charge in [-0.3, -0.25) is 0 Å². The van der Waals surface area contributed by atoms with E-state index in [9.17, 15) is 17.4 Å². The maximum atomic E-state index is 13.4. The maximum absolute atomic E-state index is 13.4. The summed E-state index contributed by atoms with van der Waals surface area (Å²) in [6.07, 6.45) is -4.90. The predicted octanol–water partition coefficient (Wildman–Crippen LogP) is 3.02. The molecule has 0 aliphatic rings. The molecule has 1 N–H and O–H groups in total. The van der Waals surface area contributed by atoms with Gasteiger partial charge in [-0.25, -0.2) is 8.93 Å². The van der Waals surface area contributed by atoms with E-state index in [4.69, 9.17) is 5.26 Å². The van der Waals surface area contributed by atoms with Crippen molar-refractivity contribution in [1.82, 2.24) is 4.72 Å². The van der Waals surface area contributed by atoms with Gasteiger partial charge in [-0.1, -0.05) is 30.3 Å². The van der Waals surface area contributed by atoms with Crippen LogP contribution in [0.25, 0.3) is 0 Å². The molecule has 0 amide bonds. The van der Waals surface area contributed by atoms with E-state index in [1.807, 2.05) is 4.72 Å². The Labute approximate surface area is 118 Å². The fourth-order valence-electron chi connectivity index (χ4n) is 1.41. The first kappa shape index (κ1) is 16.7. The van der Waals surface area contributed by atoms with E-state index in [2.05, 4.69) is 0 Å². The molecular formula is C13H15F3N2OS. The third kappa shape index (κ3) is 3.19. The monoisotopic (exact) mass is 304 g/mol. The number of hydrogen-bond donors (Lipinski definition) is 1. The third-order valence-electron chi connectivity index (χ3n) is 2.60. The minimum atomic E-state index is -4.90. The zero-order valence-electron chi connectivity index (χ0n) is 11.3. The summed E-state index contributed by atoms with van der Waals surface area (Å²) in [6.45, 7) is 4.58. The summed E-state index contributed by atoms with van der Waals surface area (Å²) in [5.41, 5.74) is -3.28. The Morgan fingerprint density at radius 3 is 2.00 bits per heavy atom. The lowest BCUT2D eigenvalue weighted by atomic mass is 9.92. The van der Waals surface area contributed by atoms with Gasteiger partial charge in [0.1, 0.15) is 6.07 Å². The smallest absolute Gasteiger partial charge is 0.242 e. The zero-order valence-corrected chi connectivity index (χ0v) is 12.1. The second-order valence-electron chi connectivity index (χ2n) is 5.21. The normalized spacial score (nSPS) is 17.1. The topological polar surface area (TPSA) is 52.9 Å². The first-order valence-corrected chi connectivity index (χ1v) is 6.93. The molecule has 0 heterocycles. The molecule has 1 rings (SSSR count). The summed E-state index contributed by atoms with van der Waals surface area (Å²) in [6, 6.07) is 7.95. The number of nitrogens with zero attached hydrogens (tertiary/aromatic N) is 1. The van der Waals surface area contributed by atoms with Crippen molar-refractivity contribution >= 4 is 11.0 Å². The molecule has 0 saturated carbocycles. The van der Waals surface area contributed by atoms with Gasteiger partial charge in [0.05, 0.1) is 15.7 Å². The van der Waals surface area contributed by atoms with Gasteiger partial charge in [-0.05, 0) is 26.3 Å². The Hall–Kier alpha value is -1.39. The standard InChI is InChI=1S/C13H15F3N2OS/c1-11(2,3)20(19)18-12(9-17,13(14,15)16)10-7-5-4-6-8-10/h4-8,18H,1-3H3/t12-,20?/m1/s1. The van der Waals surface area contributed by atoms with E-state index >= 15 is 0 Å². The van der Waals surface area contributed by atoms with Crippen LogP contribution in [0.2, 0.25) is 0 Å². The molecule has 2 atom stereocenters. The molecule has 7 heteroatoms. The lowest BCUT2D eigenvalue weighted by Crippen LogP contribution is -2.56. The van der Waals surface area contributed by atoms with Crippen molar-refractivity contribution in [3.8, 4) is 6.07 Å². The SMILES string of the molecule is CC(C)(C)S(=O)N[C@](C#N)(c1ccccc1)C(F)(F)F. The Balaban J connectivity index is 3.38. The molecular weight excluding hydrogens is 289 g/mol. The minimum absolute atomic E-state index is 0.285. The lowest BCUT2D eigenvalue weighted by Gasteiger charge is -2.32. The summed E-state index contributed by atoms with van der Waals surface area (Å²) in [5, 5.41) is 9.11. The molecule has 0 aromatic heterocycles. The lowest BCUT2D eigenvalue weighted by molar-refractivity contribution is -0.176. The number of rotatable bonds is 3. The van der Waals surface area contributed by atoms with E-state index in [0.29, 0.717) is 0 Å². The van der Waals surface area contributed by atoms with Gasteiger partial charge in [0, 0.05) is 0 Å². The number of hydrogen-bond acceptors (Lipinski definition) is 2. The van der Waals surface area contributed by atoms with Gasteiger partial charge in [-0.2, -0.15) is 18.4 Å². The zero-order chi connectivity index (χ0) is 15.6. The van der Waals surface area contributed by atoms with E-state index in [0.717, 1.165) is 0 Å². The summed E-state index contributed by atoms with van der Waals surface area (Å²) in [7, 11) is -2.05. The van der Waals surface area contributed by atoms with Crippen molar-refractivity contribution in [2.45, 2.75) is 37.2 Å². The van der Waals surface area contributed by atoms with Crippen LogP contribution in [0.4, 0.5) is 13.2 Å². The first-order chi connectivity index (χ1) is 9.04. The fourth-order valence-corrected chi connectivity index (χ4v) is 2.28. The van der Waals surface area contributed by atoms with Gasteiger partial charge in [0.15, 0.2) is 0 Å². The molecule has 3 nitrogen and oxygen atoms in total. The number of benzene rings is 1. The highest BCUT2D eigenvalue weighted by Crippen LogP contribution is 2.39. The molecule has 1 aromatic carbocycles. The van der Waals surface area contributed by atoms with Crippen molar-refractivity contribution in [3.05, 3.63) is 35.9 Å². The van der Waals surface area contributed by atoms with E-state index in [1.54, 1.807) is 6.07 Å². The summed E-state index contributed by atoms with van der Waals surface area (Å²) < 4.78 is 53.2. The average molecular weight is 304 g/mol. The van der Waals surface area contributed by atoms with Crippen molar-refractivity contribution in [2.75, 3.05) is 0 Å². The molecule has 0 aliphatic heterocycles. The number of halogens is 3. The first-order valence-electron chi connectivity index (χ1n) is 5.78. The maximum Gasteiger partial charge on any atom is 0.425 e. The molecule has 0 saturated heterocycles. The van der Waals surface area contributed by atoms with Gasteiger partial charge < -0.3 is 0 Å². The van der Waals surface area contributed by atoms with Crippen molar-refractivity contribution < 1.29 is 17.4 Å². The molecule has 110 valence electrons. The number of alkyl halides is 3. The molecule has 0 fully saturated rings. The number of nitriles is 1. The van der Waals surface area contributed by atoms with Crippen LogP contribution in [0.3, 0.4) is 0 Å². The highest BCUT2D eigenvalue weighted by molar-refractivity contribution is 7.84. The van der Waals surface area contributed by atoms with Crippen molar-refractivity contribution in [3.63, 3.8) is 0 Å².